The second kappa shape index (κ2) is 8.93. The van der Waals surface area contributed by atoms with Crippen molar-refractivity contribution < 1.29 is 13.9 Å². The van der Waals surface area contributed by atoms with Gasteiger partial charge in [-0.15, -0.1) is 12.4 Å². The molecule has 4 aromatic rings. The van der Waals surface area contributed by atoms with E-state index in [1.807, 2.05) is 48.5 Å². The highest BCUT2D eigenvalue weighted by atomic mass is 35.5. The van der Waals surface area contributed by atoms with Gasteiger partial charge in [0.15, 0.2) is 5.78 Å². The number of hydrogen-bond donors (Lipinski definition) is 0. The van der Waals surface area contributed by atoms with Gasteiger partial charge in [0, 0.05) is 22.7 Å². The summed E-state index contributed by atoms with van der Waals surface area (Å²) < 4.78 is 11.0. The Balaban J connectivity index is 0.00000240. The molecule has 2 aromatic carbocycles. The van der Waals surface area contributed by atoms with E-state index in [1.54, 1.807) is 25.8 Å². The zero-order chi connectivity index (χ0) is 19.5. The van der Waals surface area contributed by atoms with E-state index in [4.69, 9.17) is 9.15 Å². The van der Waals surface area contributed by atoms with E-state index in [9.17, 15) is 4.79 Å². The van der Waals surface area contributed by atoms with E-state index in [2.05, 4.69) is 18.0 Å². The second-order valence-electron chi connectivity index (χ2n) is 6.61. The third-order valence-electron chi connectivity index (χ3n) is 5.12. The summed E-state index contributed by atoms with van der Waals surface area (Å²) in [5, 5.41) is 0.819. The molecule has 0 radical (unpaired) electrons. The molecular formula is C24H22ClNO3. The van der Waals surface area contributed by atoms with Gasteiger partial charge in [0.1, 0.15) is 11.3 Å². The lowest BCUT2D eigenvalue weighted by Crippen LogP contribution is -2.17. The van der Waals surface area contributed by atoms with Gasteiger partial charge in [0.05, 0.1) is 25.5 Å². The Labute approximate surface area is 175 Å². The fourth-order valence-corrected chi connectivity index (χ4v) is 3.75. The molecule has 0 bridgehead atoms. The second-order valence-corrected chi connectivity index (χ2v) is 6.61. The van der Waals surface area contributed by atoms with Gasteiger partial charge in [-0.2, -0.15) is 0 Å². The average molecular weight is 408 g/mol. The first-order valence-electron chi connectivity index (χ1n) is 9.30. The van der Waals surface area contributed by atoms with Crippen molar-refractivity contribution in [3.8, 4) is 5.75 Å². The molecule has 0 amide bonds. The molecule has 1 atom stereocenters. The van der Waals surface area contributed by atoms with Gasteiger partial charge in [0.25, 0.3) is 0 Å². The number of aromatic nitrogens is 1. The Morgan fingerprint density at radius 1 is 1.07 bits per heavy atom. The number of ether oxygens (including phenoxy) is 1. The number of rotatable bonds is 6. The Bertz CT molecular complexity index is 1090. The highest BCUT2D eigenvalue weighted by molar-refractivity contribution is 6.11. The van der Waals surface area contributed by atoms with Crippen LogP contribution >= 0.6 is 12.4 Å². The fourth-order valence-electron chi connectivity index (χ4n) is 3.75. The van der Waals surface area contributed by atoms with Crippen LogP contribution in [0.1, 0.15) is 39.9 Å². The molecule has 148 valence electrons. The minimum atomic E-state index is -0.491. The van der Waals surface area contributed by atoms with Gasteiger partial charge in [-0.05, 0) is 35.7 Å². The number of benzene rings is 2. The van der Waals surface area contributed by atoms with Gasteiger partial charge >= 0.3 is 0 Å². The van der Waals surface area contributed by atoms with Crippen molar-refractivity contribution in [3.63, 3.8) is 0 Å². The summed E-state index contributed by atoms with van der Waals surface area (Å²) >= 11 is 0. The van der Waals surface area contributed by atoms with E-state index in [0.717, 1.165) is 28.5 Å². The molecule has 0 saturated heterocycles. The minimum absolute atomic E-state index is 0. The first-order valence-corrected chi connectivity index (χ1v) is 9.30. The summed E-state index contributed by atoms with van der Waals surface area (Å²) in [4.78, 5) is 18.0. The van der Waals surface area contributed by atoms with Crippen LogP contribution in [0.2, 0.25) is 0 Å². The van der Waals surface area contributed by atoms with Crippen LogP contribution in [0.4, 0.5) is 0 Å². The predicted molar refractivity (Wildman–Crippen MR) is 116 cm³/mol. The van der Waals surface area contributed by atoms with Crippen molar-refractivity contribution in [1.82, 2.24) is 4.98 Å². The quantitative estimate of drug-likeness (QED) is 0.377. The molecule has 0 fully saturated rings. The zero-order valence-electron chi connectivity index (χ0n) is 16.3. The number of methoxy groups -OCH3 is 1. The average Bonchev–Trinajstić information content (AvgIpc) is 3.23. The lowest BCUT2D eigenvalue weighted by atomic mass is 9.81. The number of pyridine rings is 1. The maximum Gasteiger partial charge on any atom is 0.175 e. The van der Waals surface area contributed by atoms with Gasteiger partial charge < -0.3 is 9.15 Å². The van der Waals surface area contributed by atoms with Crippen molar-refractivity contribution >= 4 is 29.2 Å². The summed E-state index contributed by atoms with van der Waals surface area (Å²) in [6, 6.07) is 17.4. The van der Waals surface area contributed by atoms with Crippen LogP contribution in [0.15, 0.2) is 77.7 Å². The lowest BCUT2D eigenvalue weighted by Gasteiger charge is -2.22. The number of nitrogens with zero attached hydrogens (tertiary/aromatic N) is 1. The molecule has 0 aliphatic rings. The van der Waals surface area contributed by atoms with E-state index < -0.39 is 5.92 Å². The largest absolute Gasteiger partial charge is 0.495 e. The molecule has 4 nitrogen and oxygen atoms in total. The van der Waals surface area contributed by atoms with Crippen molar-refractivity contribution in [3.05, 3.63) is 95.5 Å². The number of aryl methyl sites for hydroxylation is 1. The Morgan fingerprint density at radius 3 is 2.69 bits per heavy atom. The predicted octanol–water partition coefficient (Wildman–Crippen LogP) is 5.84. The first-order chi connectivity index (χ1) is 13.7. The van der Waals surface area contributed by atoms with E-state index in [-0.39, 0.29) is 18.2 Å². The van der Waals surface area contributed by atoms with Crippen LogP contribution < -0.4 is 4.74 Å². The summed E-state index contributed by atoms with van der Waals surface area (Å²) in [6.45, 7) is 2.10. The highest BCUT2D eigenvalue weighted by Crippen LogP contribution is 2.37. The van der Waals surface area contributed by atoms with Crippen molar-refractivity contribution in [1.29, 1.82) is 0 Å². The maximum atomic E-state index is 13.9. The van der Waals surface area contributed by atoms with Crippen LogP contribution in [-0.2, 0) is 6.42 Å². The standard InChI is InChI=1S/C24H21NO3.ClH/c1-3-16-7-4-5-8-17(16)23(20-11-13-25-15-22(20)27-2)24(26)19-9-6-10-21-18(19)12-14-28-21;/h4-15,23H,3H2,1-2H3;1H. The van der Waals surface area contributed by atoms with Gasteiger partial charge in [0.2, 0.25) is 0 Å². The van der Waals surface area contributed by atoms with E-state index >= 15 is 0 Å². The smallest absolute Gasteiger partial charge is 0.175 e. The third kappa shape index (κ3) is 3.76. The van der Waals surface area contributed by atoms with Gasteiger partial charge in [-0.25, -0.2) is 0 Å². The zero-order valence-corrected chi connectivity index (χ0v) is 17.1. The molecule has 1 unspecified atom stereocenters. The molecule has 2 aromatic heterocycles. The molecule has 0 aliphatic carbocycles. The molecule has 4 rings (SSSR count). The summed E-state index contributed by atoms with van der Waals surface area (Å²) in [6.07, 6.45) is 5.81. The molecule has 2 heterocycles. The van der Waals surface area contributed by atoms with Gasteiger partial charge in [-0.1, -0.05) is 43.3 Å². The number of carbonyl (C=O) groups is 1. The number of furan rings is 1. The Kier molecular flexibility index (Phi) is 6.35. The molecule has 5 heteroatoms. The Morgan fingerprint density at radius 2 is 1.90 bits per heavy atom. The van der Waals surface area contributed by atoms with Crippen molar-refractivity contribution in [2.75, 3.05) is 7.11 Å². The minimum Gasteiger partial charge on any atom is -0.495 e. The molecule has 0 spiro atoms. The number of fused-ring (bicyclic) bond motifs is 1. The number of Topliss-reactive ketones (excluding diaryl/α,β-unsaturated/α-hetero) is 1. The number of ketones is 1. The van der Waals surface area contributed by atoms with Crippen LogP contribution in [0.25, 0.3) is 11.0 Å². The number of halogens is 1. The first kappa shape index (κ1) is 20.6. The SMILES string of the molecule is CCc1ccccc1C(C(=O)c1cccc2occc12)c1ccncc1OC.Cl. The summed E-state index contributed by atoms with van der Waals surface area (Å²) in [5.41, 5.74) is 4.28. The van der Waals surface area contributed by atoms with E-state index in [1.165, 1.54) is 0 Å². The third-order valence-corrected chi connectivity index (χ3v) is 5.12. The molecule has 0 saturated carbocycles. The summed E-state index contributed by atoms with van der Waals surface area (Å²) in [5.74, 6) is 0.123. The fraction of sp³-hybridized carbons (Fsp3) is 0.167. The maximum absolute atomic E-state index is 13.9. The summed E-state index contributed by atoms with van der Waals surface area (Å²) in [7, 11) is 1.60. The van der Waals surface area contributed by atoms with Crippen LogP contribution in [0, 0.1) is 0 Å². The lowest BCUT2D eigenvalue weighted by molar-refractivity contribution is 0.0974. The molecule has 0 aliphatic heterocycles. The van der Waals surface area contributed by atoms with Crippen LogP contribution in [0.3, 0.4) is 0 Å². The van der Waals surface area contributed by atoms with Crippen molar-refractivity contribution in [2.45, 2.75) is 19.3 Å². The molecular weight excluding hydrogens is 386 g/mol. The molecule has 0 N–H and O–H groups in total. The molecule has 29 heavy (non-hydrogen) atoms. The number of hydrogen-bond acceptors (Lipinski definition) is 4. The number of carbonyl (C=O) groups excluding carboxylic acids is 1. The van der Waals surface area contributed by atoms with E-state index in [0.29, 0.717) is 16.9 Å². The van der Waals surface area contributed by atoms with Crippen LogP contribution in [0.5, 0.6) is 5.75 Å². The monoisotopic (exact) mass is 407 g/mol. The normalized spacial score (nSPS) is 11.7. The highest BCUT2D eigenvalue weighted by Gasteiger charge is 2.29. The van der Waals surface area contributed by atoms with Crippen LogP contribution in [-0.4, -0.2) is 17.9 Å². The topological polar surface area (TPSA) is 52.3 Å². The van der Waals surface area contributed by atoms with Gasteiger partial charge in [-0.3, -0.25) is 9.78 Å². The Hall–Kier alpha value is -3.11. The van der Waals surface area contributed by atoms with Crippen molar-refractivity contribution in [2.24, 2.45) is 0 Å².